The molecule has 2 N–H and O–H groups in total. The molecule has 16 heavy (non-hydrogen) atoms. The summed E-state index contributed by atoms with van der Waals surface area (Å²) in [6, 6.07) is -0.324. The Morgan fingerprint density at radius 1 is 1.44 bits per heavy atom. The van der Waals surface area contributed by atoms with E-state index in [2.05, 4.69) is 6.92 Å². The van der Waals surface area contributed by atoms with E-state index in [0.717, 1.165) is 25.4 Å². The van der Waals surface area contributed by atoms with Gasteiger partial charge < -0.3 is 10.6 Å². The molecule has 0 radical (unpaired) electrons. The minimum absolute atomic E-state index is 0. The van der Waals surface area contributed by atoms with Crippen molar-refractivity contribution in [1.82, 2.24) is 4.90 Å². The molecule has 1 saturated carbocycles. The second-order valence-electron chi connectivity index (χ2n) is 5.00. The lowest BCUT2D eigenvalue weighted by Crippen LogP contribution is -2.47. The van der Waals surface area contributed by atoms with Crippen molar-refractivity contribution in [3.8, 4) is 0 Å². The largest absolute Gasteiger partial charge is 0.341 e. The predicted molar refractivity (Wildman–Crippen MR) is 69.7 cm³/mol. The molecular weight excluding hydrogens is 224 g/mol. The zero-order valence-corrected chi connectivity index (χ0v) is 11.4. The zero-order chi connectivity index (χ0) is 11.4. The molecule has 0 bridgehead atoms. The molecule has 3 nitrogen and oxygen atoms in total. The summed E-state index contributed by atoms with van der Waals surface area (Å²) in [5.41, 5.74) is 5.90. The monoisotopic (exact) mass is 248 g/mol. The maximum absolute atomic E-state index is 12.0. The summed E-state index contributed by atoms with van der Waals surface area (Å²) in [6.45, 7) is 7.89. The van der Waals surface area contributed by atoms with E-state index >= 15 is 0 Å². The molecule has 1 aliphatic carbocycles. The summed E-state index contributed by atoms with van der Waals surface area (Å²) in [6.07, 6.45) is 3.58. The Hall–Kier alpha value is -0.280. The highest BCUT2D eigenvalue weighted by atomic mass is 35.5. The maximum atomic E-state index is 12.0. The van der Waals surface area contributed by atoms with Crippen LogP contribution in [0.1, 0.15) is 40.0 Å². The molecule has 0 aromatic heterocycles. The molecule has 1 atom stereocenters. The van der Waals surface area contributed by atoms with Gasteiger partial charge in [0.15, 0.2) is 0 Å². The smallest absolute Gasteiger partial charge is 0.239 e. The van der Waals surface area contributed by atoms with Crippen LogP contribution in [0.25, 0.3) is 0 Å². The lowest BCUT2D eigenvalue weighted by molar-refractivity contribution is -0.133. The van der Waals surface area contributed by atoms with Gasteiger partial charge in [0.25, 0.3) is 0 Å². The van der Waals surface area contributed by atoms with Crippen LogP contribution < -0.4 is 5.73 Å². The van der Waals surface area contributed by atoms with Gasteiger partial charge in [-0.1, -0.05) is 20.8 Å². The second-order valence-corrected chi connectivity index (χ2v) is 5.00. The normalized spacial score (nSPS) is 16.8. The average Bonchev–Trinajstić information content (AvgIpc) is 2.98. The van der Waals surface area contributed by atoms with Crippen LogP contribution in [0.15, 0.2) is 0 Å². The van der Waals surface area contributed by atoms with E-state index in [1.165, 1.54) is 12.8 Å². The molecule has 0 aliphatic heterocycles. The third-order valence-corrected chi connectivity index (χ3v) is 2.98. The van der Waals surface area contributed by atoms with E-state index in [0.29, 0.717) is 0 Å². The van der Waals surface area contributed by atoms with Crippen LogP contribution >= 0.6 is 12.4 Å². The van der Waals surface area contributed by atoms with Gasteiger partial charge in [-0.05, 0) is 31.1 Å². The number of nitrogens with zero attached hydrogens (tertiary/aromatic N) is 1. The Labute approximate surface area is 105 Å². The van der Waals surface area contributed by atoms with Crippen molar-refractivity contribution in [1.29, 1.82) is 0 Å². The molecule has 1 aliphatic rings. The number of hydrogen-bond donors (Lipinski definition) is 1. The van der Waals surface area contributed by atoms with E-state index in [9.17, 15) is 4.79 Å². The number of amides is 1. The fraction of sp³-hybridized carbons (Fsp3) is 0.917. The minimum atomic E-state index is -0.324. The van der Waals surface area contributed by atoms with Gasteiger partial charge in [0.2, 0.25) is 5.91 Å². The molecule has 1 amide bonds. The highest BCUT2D eigenvalue weighted by molar-refractivity contribution is 5.85. The number of carbonyl (C=O) groups excluding carboxylic acids is 1. The Bertz CT molecular complexity index is 217. The van der Waals surface area contributed by atoms with Crippen LogP contribution in [-0.4, -0.2) is 29.9 Å². The molecule has 0 heterocycles. The summed E-state index contributed by atoms with van der Waals surface area (Å²) in [5.74, 6) is 1.12. The first-order valence-corrected chi connectivity index (χ1v) is 6.10. The van der Waals surface area contributed by atoms with Crippen LogP contribution in [0, 0.1) is 11.8 Å². The Morgan fingerprint density at radius 3 is 2.38 bits per heavy atom. The van der Waals surface area contributed by atoms with Crippen molar-refractivity contribution < 1.29 is 4.79 Å². The number of hydrogen-bond acceptors (Lipinski definition) is 2. The van der Waals surface area contributed by atoms with Crippen molar-refractivity contribution >= 4 is 18.3 Å². The van der Waals surface area contributed by atoms with Crippen LogP contribution in [-0.2, 0) is 4.79 Å². The third-order valence-electron chi connectivity index (χ3n) is 2.98. The van der Waals surface area contributed by atoms with E-state index < -0.39 is 0 Å². The van der Waals surface area contributed by atoms with Crippen molar-refractivity contribution in [2.45, 2.75) is 46.1 Å². The molecule has 0 saturated heterocycles. The number of carbonyl (C=O) groups is 1. The summed E-state index contributed by atoms with van der Waals surface area (Å²) in [4.78, 5) is 14.0. The Kier molecular flexibility index (Phi) is 7.00. The molecule has 0 aromatic carbocycles. The second kappa shape index (κ2) is 7.13. The van der Waals surface area contributed by atoms with Crippen LogP contribution in [0.4, 0.5) is 0 Å². The van der Waals surface area contributed by atoms with Crippen LogP contribution in [0.3, 0.4) is 0 Å². The highest BCUT2D eigenvalue weighted by Crippen LogP contribution is 2.30. The zero-order valence-electron chi connectivity index (χ0n) is 10.6. The van der Waals surface area contributed by atoms with Crippen molar-refractivity contribution in [3.63, 3.8) is 0 Å². The predicted octanol–water partition coefficient (Wildman–Crippen LogP) is 2.04. The van der Waals surface area contributed by atoms with Gasteiger partial charge in [0.1, 0.15) is 0 Å². The van der Waals surface area contributed by atoms with Gasteiger partial charge in [-0.3, -0.25) is 4.79 Å². The minimum Gasteiger partial charge on any atom is -0.341 e. The van der Waals surface area contributed by atoms with Crippen molar-refractivity contribution in [2.75, 3.05) is 13.1 Å². The summed E-state index contributed by atoms with van der Waals surface area (Å²) < 4.78 is 0. The molecule has 0 spiro atoms. The van der Waals surface area contributed by atoms with E-state index in [4.69, 9.17) is 5.73 Å². The van der Waals surface area contributed by atoms with E-state index in [1.807, 2.05) is 18.7 Å². The van der Waals surface area contributed by atoms with Crippen LogP contribution in [0.2, 0.25) is 0 Å². The first-order chi connectivity index (χ1) is 7.06. The number of halogens is 1. The summed E-state index contributed by atoms with van der Waals surface area (Å²) >= 11 is 0. The third kappa shape index (κ3) is 4.71. The topological polar surface area (TPSA) is 46.3 Å². The fourth-order valence-corrected chi connectivity index (χ4v) is 1.67. The Morgan fingerprint density at radius 2 is 2.00 bits per heavy atom. The molecule has 0 aromatic rings. The standard InChI is InChI=1S/C12H24N2O.ClH/c1-4-7-14(8-10-5-6-10)12(15)11(13)9(2)3;/h9-11H,4-8,13H2,1-3H3;1H/t11-;/m1./s1. The average molecular weight is 249 g/mol. The first-order valence-electron chi connectivity index (χ1n) is 6.10. The summed E-state index contributed by atoms with van der Waals surface area (Å²) in [5, 5.41) is 0. The van der Waals surface area contributed by atoms with Gasteiger partial charge in [0, 0.05) is 13.1 Å². The first kappa shape index (κ1) is 15.7. The van der Waals surface area contributed by atoms with Gasteiger partial charge in [-0.15, -0.1) is 12.4 Å². The highest BCUT2D eigenvalue weighted by Gasteiger charge is 2.29. The molecule has 4 heteroatoms. The van der Waals surface area contributed by atoms with E-state index in [1.54, 1.807) is 0 Å². The molecule has 1 fully saturated rings. The van der Waals surface area contributed by atoms with E-state index in [-0.39, 0.29) is 30.3 Å². The van der Waals surface area contributed by atoms with Crippen molar-refractivity contribution in [2.24, 2.45) is 17.6 Å². The molecule has 0 unspecified atom stereocenters. The molecule has 96 valence electrons. The SMILES string of the molecule is CCCN(CC1CC1)C(=O)[C@H](N)C(C)C.Cl. The fourth-order valence-electron chi connectivity index (χ4n) is 1.67. The molecular formula is C12H25ClN2O. The summed E-state index contributed by atoms with van der Waals surface area (Å²) in [7, 11) is 0. The van der Waals surface area contributed by atoms with Gasteiger partial charge in [0.05, 0.1) is 6.04 Å². The van der Waals surface area contributed by atoms with Crippen LogP contribution in [0.5, 0.6) is 0 Å². The number of rotatable bonds is 6. The Balaban J connectivity index is 0.00000225. The lowest BCUT2D eigenvalue weighted by atomic mass is 10.0. The van der Waals surface area contributed by atoms with Crippen molar-refractivity contribution in [3.05, 3.63) is 0 Å². The molecule has 1 rings (SSSR count). The maximum Gasteiger partial charge on any atom is 0.239 e. The van der Waals surface area contributed by atoms with Gasteiger partial charge in [-0.25, -0.2) is 0 Å². The number of nitrogens with two attached hydrogens (primary N) is 1. The lowest BCUT2D eigenvalue weighted by Gasteiger charge is -2.27. The van der Waals surface area contributed by atoms with Gasteiger partial charge in [-0.2, -0.15) is 0 Å². The quantitative estimate of drug-likeness (QED) is 0.782. The van der Waals surface area contributed by atoms with Gasteiger partial charge >= 0.3 is 0 Å².